The number of ketones is 1. The molecule has 0 saturated heterocycles. The molecule has 0 aliphatic rings. The van der Waals surface area contributed by atoms with Crippen molar-refractivity contribution < 1.29 is 9.59 Å². The summed E-state index contributed by atoms with van der Waals surface area (Å²) in [7, 11) is 0. The first kappa shape index (κ1) is 15.5. The molecule has 0 bridgehead atoms. The summed E-state index contributed by atoms with van der Waals surface area (Å²) in [6.45, 7) is 1.41. The maximum atomic E-state index is 12.1. The van der Waals surface area contributed by atoms with Crippen molar-refractivity contribution in [3.05, 3.63) is 53.2 Å². The van der Waals surface area contributed by atoms with E-state index in [-0.39, 0.29) is 17.4 Å². The van der Waals surface area contributed by atoms with Gasteiger partial charge in [0.05, 0.1) is 11.4 Å². The van der Waals surface area contributed by atoms with Crippen molar-refractivity contribution in [2.75, 3.05) is 11.1 Å². The number of thioether (sulfide) groups is 1. The predicted octanol–water partition coefficient (Wildman–Crippen LogP) is 3.67. The van der Waals surface area contributed by atoms with Crippen LogP contribution in [0.3, 0.4) is 0 Å². The Kier molecular flexibility index (Phi) is 5.36. The van der Waals surface area contributed by atoms with Crippen molar-refractivity contribution in [1.82, 2.24) is 4.98 Å². The second kappa shape index (κ2) is 7.24. The van der Waals surface area contributed by atoms with Gasteiger partial charge in [-0.3, -0.25) is 9.59 Å². The van der Waals surface area contributed by atoms with E-state index >= 15 is 0 Å². The van der Waals surface area contributed by atoms with Gasteiger partial charge in [0, 0.05) is 12.5 Å². The molecule has 4 nitrogen and oxygen atoms in total. The Morgan fingerprint density at radius 2 is 1.90 bits per heavy atom. The van der Waals surface area contributed by atoms with E-state index in [0.717, 1.165) is 0 Å². The van der Waals surface area contributed by atoms with Crippen molar-refractivity contribution in [2.24, 2.45) is 0 Å². The SMILES string of the molecule is CC(=O)Nc1ccc(Cl)nc1SCC(=O)c1ccccc1. The highest BCUT2D eigenvalue weighted by Gasteiger charge is 2.11. The average Bonchev–Trinajstić information content (AvgIpc) is 2.47. The number of nitrogens with one attached hydrogen (secondary N) is 1. The monoisotopic (exact) mass is 320 g/mol. The summed E-state index contributed by atoms with van der Waals surface area (Å²) in [6.07, 6.45) is 0. The third kappa shape index (κ3) is 4.58. The Bertz CT molecular complexity index is 662. The first-order chi connectivity index (χ1) is 10.1. The molecule has 1 aromatic heterocycles. The number of aromatic nitrogens is 1. The first-order valence-electron chi connectivity index (χ1n) is 6.21. The number of amides is 1. The summed E-state index contributed by atoms with van der Waals surface area (Å²) in [5, 5.41) is 3.52. The van der Waals surface area contributed by atoms with Gasteiger partial charge in [0.1, 0.15) is 10.2 Å². The number of carbonyl (C=O) groups excluding carboxylic acids is 2. The number of pyridine rings is 1. The highest BCUT2D eigenvalue weighted by atomic mass is 35.5. The van der Waals surface area contributed by atoms with Gasteiger partial charge in [-0.15, -0.1) is 0 Å². The lowest BCUT2D eigenvalue weighted by atomic mass is 10.2. The van der Waals surface area contributed by atoms with E-state index in [2.05, 4.69) is 10.3 Å². The molecule has 0 aliphatic carbocycles. The Morgan fingerprint density at radius 1 is 1.19 bits per heavy atom. The molecular formula is C15H13ClN2O2S. The van der Waals surface area contributed by atoms with E-state index in [1.165, 1.54) is 18.7 Å². The standard InChI is InChI=1S/C15H13ClN2O2S/c1-10(19)17-12-7-8-14(16)18-15(12)21-9-13(20)11-5-3-2-4-6-11/h2-8H,9H2,1H3,(H,17,19). The van der Waals surface area contributed by atoms with Crippen LogP contribution in [0.25, 0.3) is 0 Å². The van der Waals surface area contributed by atoms with Crippen LogP contribution in [0.15, 0.2) is 47.5 Å². The Hall–Kier alpha value is -1.85. The number of benzene rings is 1. The zero-order valence-corrected chi connectivity index (χ0v) is 12.9. The number of anilines is 1. The quantitative estimate of drug-likeness (QED) is 0.519. The van der Waals surface area contributed by atoms with Gasteiger partial charge in [0.2, 0.25) is 5.91 Å². The lowest BCUT2D eigenvalue weighted by Gasteiger charge is -2.08. The van der Waals surface area contributed by atoms with Crippen LogP contribution in [0.4, 0.5) is 5.69 Å². The summed E-state index contributed by atoms with van der Waals surface area (Å²) in [5.74, 6) is 0.0238. The number of rotatable bonds is 5. The zero-order valence-electron chi connectivity index (χ0n) is 11.3. The van der Waals surface area contributed by atoms with Crippen molar-refractivity contribution in [3.8, 4) is 0 Å². The number of halogens is 1. The van der Waals surface area contributed by atoms with Gasteiger partial charge in [-0.1, -0.05) is 53.7 Å². The van der Waals surface area contributed by atoms with E-state index in [1.54, 1.807) is 24.3 Å². The molecule has 1 aromatic carbocycles. The minimum absolute atomic E-state index is 0.00356. The third-order valence-corrected chi connectivity index (χ3v) is 3.77. The molecule has 1 heterocycles. The number of nitrogens with zero attached hydrogens (tertiary/aromatic N) is 1. The summed E-state index contributed by atoms with van der Waals surface area (Å²) < 4.78 is 0. The van der Waals surface area contributed by atoms with Crippen molar-refractivity contribution in [2.45, 2.75) is 11.9 Å². The van der Waals surface area contributed by atoms with Gasteiger partial charge < -0.3 is 5.32 Å². The zero-order chi connectivity index (χ0) is 15.2. The van der Waals surface area contributed by atoms with Crippen LogP contribution in [-0.2, 0) is 4.79 Å². The fourth-order valence-corrected chi connectivity index (χ4v) is 2.72. The molecule has 2 rings (SSSR count). The molecule has 1 amide bonds. The van der Waals surface area contributed by atoms with Crippen LogP contribution < -0.4 is 5.32 Å². The van der Waals surface area contributed by atoms with Crippen molar-refractivity contribution >= 4 is 40.7 Å². The molecule has 0 fully saturated rings. The van der Waals surface area contributed by atoms with Gasteiger partial charge >= 0.3 is 0 Å². The van der Waals surface area contributed by atoms with Crippen molar-refractivity contribution in [3.63, 3.8) is 0 Å². The Morgan fingerprint density at radius 3 is 2.57 bits per heavy atom. The van der Waals surface area contributed by atoms with Gasteiger partial charge in [-0.25, -0.2) is 4.98 Å². The second-order valence-electron chi connectivity index (χ2n) is 4.25. The van der Waals surface area contributed by atoms with E-state index in [1.807, 2.05) is 18.2 Å². The third-order valence-electron chi connectivity index (χ3n) is 2.57. The van der Waals surface area contributed by atoms with Gasteiger partial charge in [0.15, 0.2) is 5.78 Å². The summed E-state index contributed by atoms with van der Waals surface area (Å²) in [6, 6.07) is 12.3. The lowest BCUT2D eigenvalue weighted by Crippen LogP contribution is -2.08. The molecule has 0 saturated carbocycles. The molecule has 1 N–H and O–H groups in total. The Labute approximate surface area is 131 Å². The minimum Gasteiger partial charge on any atom is -0.324 e. The lowest BCUT2D eigenvalue weighted by molar-refractivity contribution is -0.114. The van der Waals surface area contributed by atoms with E-state index < -0.39 is 0 Å². The van der Waals surface area contributed by atoms with Gasteiger partial charge in [-0.05, 0) is 12.1 Å². The van der Waals surface area contributed by atoms with Crippen LogP contribution in [0.5, 0.6) is 0 Å². The molecule has 0 unspecified atom stereocenters. The summed E-state index contributed by atoms with van der Waals surface area (Å²) in [5.41, 5.74) is 1.20. The van der Waals surface area contributed by atoms with Crippen LogP contribution in [0.1, 0.15) is 17.3 Å². The maximum Gasteiger partial charge on any atom is 0.221 e. The largest absolute Gasteiger partial charge is 0.324 e. The molecule has 0 radical (unpaired) electrons. The molecule has 21 heavy (non-hydrogen) atoms. The number of hydrogen-bond donors (Lipinski definition) is 1. The van der Waals surface area contributed by atoms with Crippen LogP contribution in [0.2, 0.25) is 5.15 Å². The van der Waals surface area contributed by atoms with Gasteiger partial charge in [0.25, 0.3) is 0 Å². The highest BCUT2D eigenvalue weighted by molar-refractivity contribution is 8.00. The molecule has 0 spiro atoms. The molecule has 0 atom stereocenters. The second-order valence-corrected chi connectivity index (χ2v) is 5.60. The van der Waals surface area contributed by atoms with Crippen LogP contribution in [0, 0.1) is 0 Å². The van der Waals surface area contributed by atoms with E-state index in [9.17, 15) is 9.59 Å². The first-order valence-corrected chi connectivity index (χ1v) is 7.58. The highest BCUT2D eigenvalue weighted by Crippen LogP contribution is 2.27. The number of Topliss-reactive ketones (excluding diaryl/α,β-unsaturated/α-hetero) is 1. The average molecular weight is 321 g/mol. The Balaban J connectivity index is 2.10. The molecule has 0 aliphatic heterocycles. The number of hydrogen-bond acceptors (Lipinski definition) is 4. The summed E-state index contributed by atoms with van der Waals surface area (Å²) in [4.78, 5) is 27.4. The topological polar surface area (TPSA) is 59.1 Å². The van der Waals surface area contributed by atoms with Crippen molar-refractivity contribution in [1.29, 1.82) is 0 Å². The van der Waals surface area contributed by atoms with E-state index in [0.29, 0.717) is 21.4 Å². The molecule has 108 valence electrons. The predicted molar refractivity (Wildman–Crippen MR) is 85.0 cm³/mol. The molecule has 2 aromatic rings. The maximum absolute atomic E-state index is 12.1. The molecule has 6 heteroatoms. The fourth-order valence-electron chi connectivity index (χ4n) is 1.65. The van der Waals surface area contributed by atoms with E-state index in [4.69, 9.17) is 11.6 Å². The smallest absolute Gasteiger partial charge is 0.221 e. The normalized spacial score (nSPS) is 10.2. The molecular weight excluding hydrogens is 308 g/mol. The number of carbonyl (C=O) groups is 2. The summed E-state index contributed by atoms with van der Waals surface area (Å²) >= 11 is 7.11. The minimum atomic E-state index is -0.199. The van der Waals surface area contributed by atoms with Crippen LogP contribution >= 0.6 is 23.4 Å². The van der Waals surface area contributed by atoms with Gasteiger partial charge in [-0.2, -0.15) is 0 Å². The van der Waals surface area contributed by atoms with Crippen LogP contribution in [-0.4, -0.2) is 22.4 Å². The fraction of sp³-hybridized carbons (Fsp3) is 0.133.